The lowest BCUT2D eigenvalue weighted by molar-refractivity contribution is 0.600. The van der Waals surface area contributed by atoms with Gasteiger partial charge in [0.25, 0.3) is 0 Å². The van der Waals surface area contributed by atoms with Gasteiger partial charge in [0, 0.05) is 31.0 Å². The summed E-state index contributed by atoms with van der Waals surface area (Å²) in [6.07, 6.45) is 6.06. The van der Waals surface area contributed by atoms with Crippen molar-refractivity contribution >= 4 is 11.6 Å². The van der Waals surface area contributed by atoms with E-state index in [9.17, 15) is 0 Å². The first kappa shape index (κ1) is 10.5. The third kappa shape index (κ3) is 1.82. The largest absolute Gasteiger partial charge is 0.312 e. The zero-order valence-corrected chi connectivity index (χ0v) is 10.1. The van der Waals surface area contributed by atoms with E-state index in [4.69, 9.17) is 16.6 Å². The number of nitrogens with one attached hydrogen (secondary N) is 1. The van der Waals surface area contributed by atoms with Crippen LogP contribution in [0.3, 0.4) is 0 Å². The number of rotatable bonds is 1. The molecule has 0 amide bonds. The van der Waals surface area contributed by atoms with Crippen LogP contribution in [-0.4, -0.2) is 16.5 Å². The number of fused-ring (bicyclic) bond motifs is 1. The van der Waals surface area contributed by atoms with Crippen molar-refractivity contribution in [3.05, 3.63) is 22.2 Å². The fourth-order valence-corrected chi connectivity index (χ4v) is 2.95. The molecular weight excluding hydrogens is 222 g/mol. The van der Waals surface area contributed by atoms with Gasteiger partial charge >= 0.3 is 0 Å². The van der Waals surface area contributed by atoms with E-state index in [1.165, 1.54) is 31.4 Å². The quantitative estimate of drug-likeness (QED) is 0.763. The Balaban J connectivity index is 1.97. The Morgan fingerprint density at radius 1 is 1.19 bits per heavy atom. The fourth-order valence-electron chi connectivity index (χ4n) is 2.69. The molecule has 1 aromatic rings. The van der Waals surface area contributed by atoms with E-state index in [0.29, 0.717) is 11.1 Å². The van der Waals surface area contributed by atoms with Gasteiger partial charge < -0.3 is 5.32 Å². The van der Waals surface area contributed by atoms with Crippen LogP contribution >= 0.6 is 11.6 Å². The number of hydrogen-bond donors (Lipinski definition) is 1. The first-order chi connectivity index (χ1) is 7.84. The average molecular weight is 238 g/mol. The Kier molecular flexibility index (Phi) is 2.82. The molecule has 0 unspecified atom stereocenters. The number of aromatic nitrogens is 2. The first-order valence-corrected chi connectivity index (χ1v) is 6.48. The van der Waals surface area contributed by atoms with Gasteiger partial charge in [-0.15, -0.1) is 0 Å². The van der Waals surface area contributed by atoms with Crippen molar-refractivity contribution in [2.75, 3.05) is 6.54 Å². The maximum atomic E-state index is 6.23. The molecule has 0 spiro atoms. The molecular formula is C12H16ClN3. The molecule has 2 heterocycles. The molecule has 1 saturated carbocycles. The molecule has 1 aliphatic heterocycles. The van der Waals surface area contributed by atoms with Gasteiger partial charge in [-0.25, -0.2) is 9.97 Å². The highest BCUT2D eigenvalue weighted by Gasteiger charge is 2.23. The molecule has 0 bridgehead atoms. The molecule has 0 radical (unpaired) electrons. The first-order valence-electron chi connectivity index (χ1n) is 6.10. The van der Waals surface area contributed by atoms with Crippen LogP contribution in [-0.2, 0) is 13.0 Å². The topological polar surface area (TPSA) is 37.8 Å². The maximum absolute atomic E-state index is 6.23. The van der Waals surface area contributed by atoms with E-state index in [-0.39, 0.29) is 0 Å². The molecule has 1 aliphatic carbocycles. The van der Waals surface area contributed by atoms with Crippen molar-refractivity contribution in [1.82, 2.24) is 15.3 Å². The Hall–Kier alpha value is -0.670. The van der Waals surface area contributed by atoms with Crippen LogP contribution in [0, 0.1) is 0 Å². The lowest BCUT2D eigenvalue weighted by Gasteiger charge is -2.19. The number of nitrogens with zero attached hydrogens (tertiary/aromatic N) is 2. The molecule has 1 fully saturated rings. The summed E-state index contributed by atoms with van der Waals surface area (Å²) < 4.78 is 0. The maximum Gasteiger partial charge on any atom is 0.137 e. The molecule has 0 aromatic carbocycles. The molecule has 1 aromatic heterocycles. The van der Waals surface area contributed by atoms with Crippen LogP contribution in [0.4, 0.5) is 0 Å². The molecule has 0 saturated heterocycles. The molecule has 2 aliphatic rings. The Morgan fingerprint density at radius 2 is 2.00 bits per heavy atom. The summed E-state index contributed by atoms with van der Waals surface area (Å²) in [7, 11) is 0. The molecule has 0 atom stereocenters. The van der Waals surface area contributed by atoms with Gasteiger partial charge in [0.1, 0.15) is 11.0 Å². The molecule has 3 rings (SSSR count). The van der Waals surface area contributed by atoms with Crippen molar-refractivity contribution in [3.8, 4) is 0 Å². The molecule has 1 N–H and O–H groups in total. The van der Waals surface area contributed by atoms with Gasteiger partial charge in [-0.3, -0.25) is 0 Å². The van der Waals surface area contributed by atoms with Crippen LogP contribution in [0.1, 0.15) is 48.7 Å². The van der Waals surface area contributed by atoms with Gasteiger partial charge in [0.2, 0.25) is 0 Å². The number of hydrogen-bond acceptors (Lipinski definition) is 3. The van der Waals surface area contributed by atoms with Crippen LogP contribution < -0.4 is 5.32 Å². The summed E-state index contributed by atoms with van der Waals surface area (Å²) in [5.41, 5.74) is 2.27. The Morgan fingerprint density at radius 3 is 2.81 bits per heavy atom. The minimum Gasteiger partial charge on any atom is -0.312 e. The summed E-state index contributed by atoms with van der Waals surface area (Å²) in [5, 5.41) is 3.97. The van der Waals surface area contributed by atoms with Gasteiger partial charge in [-0.1, -0.05) is 24.4 Å². The van der Waals surface area contributed by atoms with Crippen LogP contribution in [0.5, 0.6) is 0 Å². The standard InChI is InChI=1S/C12H16ClN3/c13-11-9-7-14-6-5-10(9)15-12(16-11)8-3-1-2-4-8/h8,14H,1-7H2. The summed E-state index contributed by atoms with van der Waals surface area (Å²) in [5.74, 6) is 1.54. The van der Waals surface area contributed by atoms with Crippen molar-refractivity contribution in [2.45, 2.75) is 44.6 Å². The van der Waals surface area contributed by atoms with Gasteiger partial charge in [0.15, 0.2) is 0 Å². The highest BCUT2D eigenvalue weighted by molar-refractivity contribution is 6.30. The highest BCUT2D eigenvalue weighted by atomic mass is 35.5. The summed E-state index contributed by atoms with van der Waals surface area (Å²) in [4.78, 5) is 9.20. The lowest BCUT2D eigenvalue weighted by atomic mass is 10.1. The highest BCUT2D eigenvalue weighted by Crippen LogP contribution is 2.33. The van der Waals surface area contributed by atoms with Crippen molar-refractivity contribution in [3.63, 3.8) is 0 Å². The SMILES string of the molecule is Clc1nc(C2CCCC2)nc2c1CNCC2. The summed E-state index contributed by atoms with van der Waals surface area (Å²) in [6, 6.07) is 0. The van der Waals surface area contributed by atoms with E-state index in [0.717, 1.165) is 30.9 Å². The van der Waals surface area contributed by atoms with Crippen LogP contribution in [0.25, 0.3) is 0 Å². The second-order valence-corrected chi connectivity index (χ2v) is 5.06. The van der Waals surface area contributed by atoms with Crippen molar-refractivity contribution < 1.29 is 0 Å². The molecule has 86 valence electrons. The van der Waals surface area contributed by atoms with Gasteiger partial charge in [-0.2, -0.15) is 0 Å². The second-order valence-electron chi connectivity index (χ2n) is 4.71. The molecule has 3 nitrogen and oxygen atoms in total. The summed E-state index contributed by atoms with van der Waals surface area (Å²) >= 11 is 6.23. The van der Waals surface area contributed by atoms with Crippen LogP contribution in [0.15, 0.2) is 0 Å². The summed E-state index contributed by atoms with van der Waals surface area (Å²) in [6.45, 7) is 1.82. The Bertz CT molecular complexity index is 399. The van der Waals surface area contributed by atoms with E-state index in [1.54, 1.807) is 0 Å². The van der Waals surface area contributed by atoms with E-state index >= 15 is 0 Å². The molecule has 4 heteroatoms. The average Bonchev–Trinajstić information content (AvgIpc) is 2.82. The predicted octanol–water partition coefficient (Wildman–Crippen LogP) is 2.43. The predicted molar refractivity (Wildman–Crippen MR) is 63.7 cm³/mol. The minimum atomic E-state index is 0.553. The normalized spacial score (nSPS) is 21.1. The second kappa shape index (κ2) is 4.30. The third-order valence-corrected chi connectivity index (χ3v) is 3.93. The monoisotopic (exact) mass is 237 g/mol. The van der Waals surface area contributed by atoms with Crippen LogP contribution in [0.2, 0.25) is 5.15 Å². The lowest BCUT2D eigenvalue weighted by Crippen LogP contribution is -2.26. The smallest absolute Gasteiger partial charge is 0.137 e. The Labute approximate surface area is 101 Å². The van der Waals surface area contributed by atoms with Crippen molar-refractivity contribution in [1.29, 1.82) is 0 Å². The van der Waals surface area contributed by atoms with Gasteiger partial charge in [-0.05, 0) is 12.8 Å². The minimum absolute atomic E-state index is 0.553. The molecule has 16 heavy (non-hydrogen) atoms. The zero-order chi connectivity index (χ0) is 11.0. The zero-order valence-electron chi connectivity index (χ0n) is 9.30. The third-order valence-electron chi connectivity index (χ3n) is 3.62. The van der Waals surface area contributed by atoms with E-state index in [2.05, 4.69) is 10.3 Å². The fraction of sp³-hybridized carbons (Fsp3) is 0.667. The van der Waals surface area contributed by atoms with E-state index < -0.39 is 0 Å². The van der Waals surface area contributed by atoms with E-state index in [1.807, 2.05) is 0 Å². The number of halogens is 1. The van der Waals surface area contributed by atoms with Gasteiger partial charge in [0.05, 0.1) is 5.69 Å². The van der Waals surface area contributed by atoms with Crippen molar-refractivity contribution in [2.24, 2.45) is 0 Å².